The van der Waals surface area contributed by atoms with Gasteiger partial charge >= 0.3 is 39.5 Å². The van der Waals surface area contributed by atoms with Crippen molar-refractivity contribution >= 4 is 39.5 Å². The quantitative estimate of drug-likeness (QED) is 0.0222. The number of hydrogen-bond donors (Lipinski definition) is 3. The number of aliphatic hydroxyl groups is 1. The van der Waals surface area contributed by atoms with Crippen molar-refractivity contribution < 1.29 is 80.2 Å². The summed E-state index contributed by atoms with van der Waals surface area (Å²) in [7, 11) is -9.93. The van der Waals surface area contributed by atoms with Crippen molar-refractivity contribution in [2.24, 2.45) is 11.8 Å². The Hall–Kier alpha value is -1.94. The molecule has 0 aliphatic heterocycles. The fourth-order valence-electron chi connectivity index (χ4n) is 14.1. The van der Waals surface area contributed by atoms with Gasteiger partial charge in [-0.3, -0.25) is 37.3 Å². The van der Waals surface area contributed by atoms with Crippen molar-refractivity contribution in [1.82, 2.24) is 0 Å². The molecule has 0 saturated carbocycles. The van der Waals surface area contributed by atoms with Crippen LogP contribution in [0.5, 0.6) is 0 Å². The van der Waals surface area contributed by atoms with Gasteiger partial charge in [0.15, 0.2) is 12.2 Å². The number of esters is 4. The number of carbonyl (C=O) groups is 4. The van der Waals surface area contributed by atoms with E-state index in [2.05, 4.69) is 41.5 Å². The molecule has 0 bridgehead atoms. The number of phosphoric acid groups is 2. The third-order valence-electron chi connectivity index (χ3n) is 21.6. The van der Waals surface area contributed by atoms with Crippen molar-refractivity contribution in [3.8, 4) is 0 Å². The number of phosphoric ester groups is 2. The first-order valence-electron chi connectivity index (χ1n) is 46.5. The lowest BCUT2D eigenvalue weighted by Crippen LogP contribution is -2.30. The summed E-state index contributed by atoms with van der Waals surface area (Å²) in [5, 5.41) is 10.7. The van der Waals surface area contributed by atoms with Gasteiger partial charge in [0.25, 0.3) is 0 Å². The summed E-state index contributed by atoms with van der Waals surface area (Å²) in [6, 6.07) is 0. The molecule has 0 aromatic carbocycles. The molecule has 3 unspecified atom stereocenters. The molecule has 6 atom stereocenters. The second-order valence-corrected chi connectivity index (χ2v) is 36.0. The van der Waals surface area contributed by atoms with Gasteiger partial charge in [0.1, 0.15) is 19.3 Å². The van der Waals surface area contributed by atoms with Gasteiger partial charge in [-0.1, -0.05) is 433 Å². The molecule has 0 spiro atoms. The fourth-order valence-corrected chi connectivity index (χ4v) is 15.7. The number of ether oxygens (including phenoxy) is 4. The lowest BCUT2D eigenvalue weighted by Gasteiger charge is -2.21. The van der Waals surface area contributed by atoms with Gasteiger partial charge in [0.2, 0.25) is 0 Å². The zero-order valence-corrected chi connectivity index (χ0v) is 73.7. The van der Waals surface area contributed by atoms with Crippen LogP contribution in [-0.2, 0) is 65.4 Å². The fraction of sp³-hybridized carbons (Fsp3) is 0.956. The SMILES string of the molecule is CCCCCCCCCCCCCCCCCCCCCC(=O)OC[C@H](COP(=O)(O)OC[C@@H](O)COP(=O)(O)OC[C@@H](COC(=O)CCCCCCCCCC(C)C)OC(=O)CCCCCCCCCCCCCCCCCCCC)OC(=O)CCCCCCCCCCCCCCCCCCCCC(C)CC. The maximum atomic E-state index is 13.2. The molecule has 0 aliphatic carbocycles. The van der Waals surface area contributed by atoms with Crippen molar-refractivity contribution in [1.29, 1.82) is 0 Å². The molecule has 3 N–H and O–H groups in total. The highest BCUT2D eigenvalue weighted by atomic mass is 31.2. The zero-order valence-electron chi connectivity index (χ0n) is 71.9. The van der Waals surface area contributed by atoms with Gasteiger partial charge < -0.3 is 33.8 Å². The molecule has 19 heteroatoms. The van der Waals surface area contributed by atoms with Crippen LogP contribution in [0.25, 0.3) is 0 Å². The highest BCUT2D eigenvalue weighted by molar-refractivity contribution is 7.47. The van der Waals surface area contributed by atoms with Crippen molar-refractivity contribution in [2.75, 3.05) is 39.6 Å². The van der Waals surface area contributed by atoms with Gasteiger partial charge in [0.05, 0.1) is 26.4 Å². The number of aliphatic hydroxyl groups excluding tert-OH is 1. The summed E-state index contributed by atoms with van der Waals surface area (Å²) in [4.78, 5) is 73.3. The first-order chi connectivity index (χ1) is 52.9. The first-order valence-corrected chi connectivity index (χ1v) is 49.5. The number of unbranched alkanes of at least 4 members (excludes halogenated alkanes) is 58. The van der Waals surface area contributed by atoms with E-state index in [4.69, 9.17) is 37.0 Å². The Kier molecular flexibility index (Phi) is 79.8. The number of hydrogen-bond acceptors (Lipinski definition) is 15. The normalized spacial score (nSPS) is 14.0. The summed E-state index contributed by atoms with van der Waals surface area (Å²) >= 11 is 0. The van der Waals surface area contributed by atoms with Crippen LogP contribution >= 0.6 is 15.6 Å². The smallest absolute Gasteiger partial charge is 0.462 e. The predicted molar refractivity (Wildman–Crippen MR) is 451 cm³/mol. The summed E-state index contributed by atoms with van der Waals surface area (Å²) in [6.45, 7) is 9.71. The van der Waals surface area contributed by atoms with Gasteiger partial charge in [-0.25, -0.2) is 9.13 Å². The molecule has 0 saturated heterocycles. The summed E-state index contributed by atoms with van der Waals surface area (Å²) in [6.07, 6.45) is 75.2. The second-order valence-electron chi connectivity index (χ2n) is 33.1. The van der Waals surface area contributed by atoms with E-state index in [1.54, 1.807) is 0 Å². The molecule has 648 valence electrons. The van der Waals surface area contributed by atoms with Gasteiger partial charge in [0, 0.05) is 25.7 Å². The Morgan fingerprint density at radius 3 is 0.697 bits per heavy atom. The average Bonchev–Trinajstić information content (AvgIpc) is 0.903. The second kappa shape index (κ2) is 81.2. The van der Waals surface area contributed by atoms with Crippen LogP contribution in [0.15, 0.2) is 0 Å². The Balaban J connectivity index is 5.22. The Bertz CT molecular complexity index is 2080. The van der Waals surface area contributed by atoms with Gasteiger partial charge in [-0.15, -0.1) is 0 Å². The van der Waals surface area contributed by atoms with E-state index in [1.165, 1.54) is 295 Å². The minimum Gasteiger partial charge on any atom is -0.462 e. The monoisotopic (exact) mass is 1590 g/mol. The minimum atomic E-state index is -4.97. The van der Waals surface area contributed by atoms with Crippen LogP contribution < -0.4 is 0 Å². The summed E-state index contributed by atoms with van der Waals surface area (Å²) < 4.78 is 69.0. The number of rotatable bonds is 89. The van der Waals surface area contributed by atoms with Crippen LogP contribution in [0.4, 0.5) is 0 Å². The lowest BCUT2D eigenvalue weighted by molar-refractivity contribution is -0.161. The Labute approximate surface area is 670 Å². The molecular weight excluding hydrogens is 1410 g/mol. The maximum Gasteiger partial charge on any atom is 0.472 e. The summed E-state index contributed by atoms with van der Waals surface area (Å²) in [5.41, 5.74) is 0. The predicted octanol–water partition coefficient (Wildman–Crippen LogP) is 27.8. The van der Waals surface area contributed by atoms with Crippen LogP contribution in [0.3, 0.4) is 0 Å². The highest BCUT2D eigenvalue weighted by Crippen LogP contribution is 2.45. The Morgan fingerprint density at radius 1 is 0.266 bits per heavy atom. The number of carbonyl (C=O) groups excluding carboxylic acids is 4. The molecule has 0 aromatic rings. The molecule has 0 amide bonds. The molecular formula is C90H176O17P2. The van der Waals surface area contributed by atoms with Crippen LogP contribution in [0, 0.1) is 11.8 Å². The van der Waals surface area contributed by atoms with Crippen LogP contribution in [-0.4, -0.2) is 96.7 Å². The van der Waals surface area contributed by atoms with E-state index in [9.17, 15) is 43.2 Å². The van der Waals surface area contributed by atoms with Crippen molar-refractivity contribution in [3.63, 3.8) is 0 Å². The van der Waals surface area contributed by atoms with E-state index in [0.717, 1.165) is 102 Å². The largest absolute Gasteiger partial charge is 0.472 e. The van der Waals surface area contributed by atoms with Gasteiger partial charge in [-0.05, 0) is 37.5 Å². The molecule has 17 nitrogen and oxygen atoms in total. The Morgan fingerprint density at radius 2 is 0.468 bits per heavy atom. The minimum absolute atomic E-state index is 0.108. The molecule has 0 aromatic heterocycles. The van der Waals surface area contributed by atoms with E-state index < -0.39 is 97.5 Å². The standard InChI is InChI=1S/C90H176O17P2/c1-7-10-12-14-16-18-20-22-24-26-28-33-36-40-44-48-54-60-66-72-87(92)100-78-85(106-89(94)74-68-63-56-50-46-42-38-34-30-29-31-35-39-43-47-53-59-65-71-83(6)9-3)80-104-108(96,97)102-76-84(91)77-103-109(98,99)105-81-86(79-101-88(93)73-67-61-57-51-52-58-64-70-82(4)5)107-90(95)75-69-62-55-49-45-41-37-32-27-25-23-21-19-17-15-13-11-8-2/h82-86,91H,7-81H2,1-6H3,(H,96,97)(H,98,99)/t83?,84-,85-,86-/m1/s1. The summed E-state index contributed by atoms with van der Waals surface area (Å²) in [5.74, 6) is -0.522. The van der Waals surface area contributed by atoms with Crippen LogP contribution in [0.2, 0.25) is 0 Å². The topological polar surface area (TPSA) is 237 Å². The van der Waals surface area contributed by atoms with E-state index in [-0.39, 0.29) is 25.7 Å². The molecule has 0 aliphatic rings. The third kappa shape index (κ3) is 82.4. The highest BCUT2D eigenvalue weighted by Gasteiger charge is 2.31. The lowest BCUT2D eigenvalue weighted by atomic mass is 9.99. The molecule has 0 radical (unpaired) electrons. The van der Waals surface area contributed by atoms with Crippen LogP contribution in [0.1, 0.15) is 485 Å². The van der Waals surface area contributed by atoms with Crippen molar-refractivity contribution in [3.05, 3.63) is 0 Å². The first kappa shape index (κ1) is 107. The van der Waals surface area contributed by atoms with E-state index in [1.807, 2.05) is 0 Å². The molecule has 0 heterocycles. The average molecular weight is 1590 g/mol. The molecule has 0 rings (SSSR count). The van der Waals surface area contributed by atoms with E-state index >= 15 is 0 Å². The van der Waals surface area contributed by atoms with Crippen molar-refractivity contribution in [2.45, 2.75) is 503 Å². The molecule has 0 fully saturated rings. The molecule has 109 heavy (non-hydrogen) atoms. The van der Waals surface area contributed by atoms with E-state index in [0.29, 0.717) is 31.6 Å². The van der Waals surface area contributed by atoms with Gasteiger partial charge in [-0.2, -0.15) is 0 Å². The third-order valence-corrected chi connectivity index (χ3v) is 23.5. The maximum absolute atomic E-state index is 13.2. The zero-order chi connectivity index (χ0) is 79.9.